The van der Waals surface area contributed by atoms with Gasteiger partial charge in [-0.3, -0.25) is 0 Å². The van der Waals surface area contributed by atoms with Gasteiger partial charge in [0, 0.05) is 17.6 Å². The van der Waals surface area contributed by atoms with E-state index in [-0.39, 0.29) is 0 Å². The van der Waals surface area contributed by atoms with Gasteiger partial charge in [0.25, 0.3) is 0 Å². The lowest BCUT2D eigenvalue weighted by molar-refractivity contribution is 0.391. The maximum absolute atomic E-state index is 5.39. The molecule has 2 nitrogen and oxygen atoms in total. The SMILES string of the molecule is CCCCC(C)NC(C)c1ccccc1OC. The summed E-state index contributed by atoms with van der Waals surface area (Å²) in [5.74, 6) is 0.968. The Kier molecular flexibility index (Phi) is 6.06. The van der Waals surface area contributed by atoms with Crippen molar-refractivity contribution in [3.63, 3.8) is 0 Å². The molecular weight excluding hydrogens is 210 g/mol. The Bertz CT molecular complexity index is 324. The third-order valence-corrected chi connectivity index (χ3v) is 3.13. The quantitative estimate of drug-likeness (QED) is 0.773. The fourth-order valence-corrected chi connectivity index (χ4v) is 2.13. The molecule has 0 radical (unpaired) electrons. The first-order valence-electron chi connectivity index (χ1n) is 6.58. The second kappa shape index (κ2) is 7.33. The lowest BCUT2D eigenvalue weighted by Crippen LogP contribution is -2.29. The normalized spacial score (nSPS) is 14.4. The van der Waals surface area contributed by atoms with Crippen molar-refractivity contribution >= 4 is 0 Å². The van der Waals surface area contributed by atoms with E-state index in [1.54, 1.807) is 7.11 Å². The zero-order valence-electron chi connectivity index (χ0n) is 11.5. The number of methoxy groups -OCH3 is 1. The molecule has 0 amide bonds. The van der Waals surface area contributed by atoms with E-state index in [0.717, 1.165) is 5.75 Å². The summed E-state index contributed by atoms with van der Waals surface area (Å²) in [7, 11) is 1.73. The molecule has 0 aromatic heterocycles. The van der Waals surface area contributed by atoms with Gasteiger partial charge in [0.05, 0.1) is 7.11 Å². The Balaban J connectivity index is 2.59. The molecule has 0 saturated heterocycles. The van der Waals surface area contributed by atoms with Crippen molar-refractivity contribution < 1.29 is 4.74 Å². The van der Waals surface area contributed by atoms with Crippen molar-refractivity contribution in [2.24, 2.45) is 0 Å². The monoisotopic (exact) mass is 235 g/mol. The zero-order valence-corrected chi connectivity index (χ0v) is 11.5. The van der Waals surface area contributed by atoms with Crippen LogP contribution in [0.4, 0.5) is 0 Å². The Hall–Kier alpha value is -1.02. The van der Waals surface area contributed by atoms with Crippen molar-refractivity contribution in [1.82, 2.24) is 5.32 Å². The van der Waals surface area contributed by atoms with Crippen LogP contribution in [-0.4, -0.2) is 13.2 Å². The summed E-state index contributed by atoms with van der Waals surface area (Å²) >= 11 is 0. The van der Waals surface area contributed by atoms with Crippen LogP contribution in [0.5, 0.6) is 5.75 Å². The molecule has 1 N–H and O–H groups in total. The summed E-state index contributed by atoms with van der Waals surface area (Å²) in [4.78, 5) is 0. The highest BCUT2D eigenvalue weighted by atomic mass is 16.5. The molecule has 2 unspecified atom stereocenters. The van der Waals surface area contributed by atoms with Gasteiger partial charge in [-0.05, 0) is 26.3 Å². The largest absolute Gasteiger partial charge is 0.496 e. The average Bonchev–Trinajstić information content (AvgIpc) is 2.36. The third kappa shape index (κ3) is 4.39. The number of benzene rings is 1. The number of hydrogen-bond donors (Lipinski definition) is 1. The predicted molar refractivity (Wildman–Crippen MR) is 73.5 cm³/mol. The van der Waals surface area contributed by atoms with E-state index in [2.05, 4.69) is 38.2 Å². The highest BCUT2D eigenvalue weighted by molar-refractivity contribution is 5.35. The van der Waals surface area contributed by atoms with Crippen LogP contribution in [0.25, 0.3) is 0 Å². The smallest absolute Gasteiger partial charge is 0.123 e. The molecular formula is C15H25NO. The summed E-state index contributed by atoms with van der Waals surface area (Å²) in [5.41, 5.74) is 1.23. The second-order valence-electron chi connectivity index (χ2n) is 4.67. The molecule has 0 saturated carbocycles. The molecule has 96 valence electrons. The standard InChI is InChI=1S/C15H25NO/c1-5-6-9-12(2)16-13(3)14-10-7-8-11-15(14)17-4/h7-8,10-13,16H,5-6,9H2,1-4H3. The van der Waals surface area contributed by atoms with E-state index in [9.17, 15) is 0 Å². The highest BCUT2D eigenvalue weighted by Gasteiger charge is 2.12. The van der Waals surface area contributed by atoms with E-state index in [4.69, 9.17) is 4.74 Å². The lowest BCUT2D eigenvalue weighted by Gasteiger charge is -2.21. The van der Waals surface area contributed by atoms with Crippen LogP contribution in [0, 0.1) is 0 Å². The number of para-hydroxylation sites is 1. The number of nitrogens with one attached hydrogen (secondary N) is 1. The molecule has 0 aliphatic rings. The van der Waals surface area contributed by atoms with E-state index < -0.39 is 0 Å². The fourth-order valence-electron chi connectivity index (χ4n) is 2.13. The van der Waals surface area contributed by atoms with Gasteiger partial charge in [-0.25, -0.2) is 0 Å². The van der Waals surface area contributed by atoms with Gasteiger partial charge < -0.3 is 10.1 Å². The van der Waals surface area contributed by atoms with Crippen LogP contribution in [0.2, 0.25) is 0 Å². The van der Waals surface area contributed by atoms with Crippen LogP contribution in [0.15, 0.2) is 24.3 Å². The minimum atomic E-state index is 0.331. The first-order chi connectivity index (χ1) is 8.19. The topological polar surface area (TPSA) is 21.3 Å². The van der Waals surface area contributed by atoms with Crippen molar-refractivity contribution in [1.29, 1.82) is 0 Å². The third-order valence-electron chi connectivity index (χ3n) is 3.13. The Labute approximate surface area is 105 Å². The molecule has 0 spiro atoms. The first-order valence-corrected chi connectivity index (χ1v) is 6.58. The van der Waals surface area contributed by atoms with Crippen LogP contribution in [0.3, 0.4) is 0 Å². The predicted octanol–water partition coefficient (Wildman–Crippen LogP) is 3.92. The summed E-state index contributed by atoms with van der Waals surface area (Å²) in [5, 5.41) is 3.63. The molecule has 1 aromatic rings. The molecule has 2 heteroatoms. The zero-order chi connectivity index (χ0) is 12.7. The van der Waals surface area contributed by atoms with Crippen LogP contribution in [-0.2, 0) is 0 Å². The summed E-state index contributed by atoms with van der Waals surface area (Å²) in [6, 6.07) is 9.10. The summed E-state index contributed by atoms with van der Waals surface area (Å²) < 4.78 is 5.39. The van der Waals surface area contributed by atoms with Gasteiger partial charge >= 0.3 is 0 Å². The van der Waals surface area contributed by atoms with Crippen LogP contribution >= 0.6 is 0 Å². The minimum Gasteiger partial charge on any atom is -0.496 e. The van der Waals surface area contributed by atoms with Gasteiger partial charge in [-0.1, -0.05) is 38.0 Å². The maximum Gasteiger partial charge on any atom is 0.123 e. The van der Waals surface area contributed by atoms with Gasteiger partial charge in [0.1, 0.15) is 5.75 Å². The fraction of sp³-hybridized carbons (Fsp3) is 0.600. The Morgan fingerprint density at radius 2 is 1.94 bits per heavy atom. The van der Waals surface area contributed by atoms with Crippen molar-refractivity contribution in [3.05, 3.63) is 29.8 Å². The second-order valence-corrected chi connectivity index (χ2v) is 4.67. The molecule has 1 aromatic carbocycles. The van der Waals surface area contributed by atoms with Gasteiger partial charge in [0.2, 0.25) is 0 Å². The van der Waals surface area contributed by atoms with Crippen molar-refractivity contribution in [2.75, 3.05) is 7.11 Å². The van der Waals surface area contributed by atoms with E-state index in [0.29, 0.717) is 12.1 Å². The van der Waals surface area contributed by atoms with Crippen molar-refractivity contribution in [2.45, 2.75) is 52.1 Å². The number of hydrogen-bond acceptors (Lipinski definition) is 2. The lowest BCUT2D eigenvalue weighted by atomic mass is 10.0. The van der Waals surface area contributed by atoms with Crippen molar-refractivity contribution in [3.8, 4) is 5.75 Å². The maximum atomic E-state index is 5.39. The first kappa shape index (κ1) is 14.0. The highest BCUT2D eigenvalue weighted by Crippen LogP contribution is 2.24. The Morgan fingerprint density at radius 1 is 1.24 bits per heavy atom. The van der Waals surface area contributed by atoms with E-state index >= 15 is 0 Å². The van der Waals surface area contributed by atoms with E-state index in [1.807, 2.05) is 12.1 Å². The number of ether oxygens (including phenoxy) is 1. The van der Waals surface area contributed by atoms with Gasteiger partial charge in [-0.15, -0.1) is 0 Å². The van der Waals surface area contributed by atoms with Gasteiger partial charge in [0.15, 0.2) is 0 Å². The Morgan fingerprint density at radius 3 is 2.59 bits per heavy atom. The molecule has 0 aliphatic heterocycles. The van der Waals surface area contributed by atoms with Crippen LogP contribution < -0.4 is 10.1 Å². The minimum absolute atomic E-state index is 0.331. The molecule has 0 aliphatic carbocycles. The number of unbranched alkanes of at least 4 members (excludes halogenated alkanes) is 1. The molecule has 17 heavy (non-hydrogen) atoms. The molecule has 1 rings (SSSR count). The van der Waals surface area contributed by atoms with E-state index in [1.165, 1.54) is 24.8 Å². The average molecular weight is 235 g/mol. The molecule has 0 bridgehead atoms. The number of rotatable bonds is 7. The summed E-state index contributed by atoms with van der Waals surface area (Å²) in [6.45, 7) is 6.68. The molecule has 0 heterocycles. The van der Waals surface area contributed by atoms with Gasteiger partial charge in [-0.2, -0.15) is 0 Å². The molecule has 2 atom stereocenters. The molecule has 0 fully saturated rings. The van der Waals surface area contributed by atoms with Crippen LogP contribution in [0.1, 0.15) is 51.6 Å². The summed E-state index contributed by atoms with van der Waals surface area (Å²) in [6.07, 6.45) is 3.78.